The Kier molecular flexibility index (Phi) is 2.93. The monoisotopic (exact) mass is 237 g/mol. The number of hydrogen-bond donors (Lipinski definition) is 2. The molecule has 5 heteroatoms. The molecule has 1 aliphatic heterocycles. The number of carboxylic acids is 1. The van der Waals surface area contributed by atoms with E-state index in [0.717, 1.165) is 0 Å². The molecule has 17 heavy (non-hydrogen) atoms. The van der Waals surface area contributed by atoms with E-state index in [4.69, 9.17) is 20.3 Å². The highest BCUT2D eigenvalue weighted by Crippen LogP contribution is 2.31. The second-order valence-corrected chi connectivity index (χ2v) is 4.62. The zero-order valence-electron chi connectivity index (χ0n) is 9.60. The summed E-state index contributed by atoms with van der Waals surface area (Å²) in [6, 6.07) is 4.70. The fourth-order valence-electron chi connectivity index (χ4n) is 1.66. The lowest BCUT2D eigenvalue weighted by Gasteiger charge is -2.37. The van der Waals surface area contributed by atoms with Crippen molar-refractivity contribution in [1.82, 2.24) is 0 Å². The highest BCUT2D eigenvalue weighted by atomic mass is 16.5. The Balaban J connectivity index is 2.16. The highest BCUT2D eigenvalue weighted by molar-refractivity contribution is 5.93. The molecular formula is C12H15NO4. The minimum atomic E-state index is -1.04. The molecule has 0 unspecified atom stereocenters. The SMILES string of the molecule is CC1(COc2c(N)cccc2C(=O)O)COC1. The molecule has 0 saturated carbocycles. The van der Waals surface area contributed by atoms with Gasteiger partial charge in [0.25, 0.3) is 0 Å². The van der Waals surface area contributed by atoms with Crippen LogP contribution in [0.25, 0.3) is 0 Å². The number of ether oxygens (including phenoxy) is 2. The maximum atomic E-state index is 11.0. The van der Waals surface area contributed by atoms with Gasteiger partial charge in [-0.05, 0) is 12.1 Å². The highest BCUT2D eigenvalue weighted by Gasteiger charge is 2.34. The summed E-state index contributed by atoms with van der Waals surface area (Å²) in [7, 11) is 0. The van der Waals surface area contributed by atoms with Gasteiger partial charge >= 0.3 is 5.97 Å². The summed E-state index contributed by atoms with van der Waals surface area (Å²) in [5.74, 6) is -0.796. The number of nitrogen functional groups attached to an aromatic ring is 1. The third-order valence-corrected chi connectivity index (χ3v) is 2.74. The van der Waals surface area contributed by atoms with Crippen LogP contribution in [0.1, 0.15) is 17.3 Å². The molecule has 1 heterocycles. The fraction of sp³-hybridized carbons (Fsp3) is 0.417. The molecule has 1 saturated heterocycles. The van der Waals surface area contributed by atoms with Crippen molar-refractivity contribution in [3.63, 3.8) is 0 Å². The number of para-hydroxylation sites is 1. The van der Waals surface area contributed by atoms with E-state index in [0.29, 0.717) is 25.5 Å². The van der Waals surface area contributed by atoms with Crippen LogP contribution in [0.2, 0.25) is 0 Å². The smallest absolute Gasteiger partial charge is 0.339 e. The number of aromatic carboxylic acids is 1. The predicted molar refractivity (Wildman–Crippen MR) is 62.2 cm³/mol. The fourth-order valence-corrected chi connectivity index (χ4v) is 1.66. The van der Waals surface area contributed by atoms with E-state index in [2.05, 4.69) is 0 Å². The molecule has 0 aliphatic carbocycles. The van der Waals surface area contributed by atoms with Crippen LogP contribution < -0.4 is 10.5 Å². The standard InChI is InChI=1S/C12H15NO4/c1-12(5-16-6-12)7-17-10-8(11(14)15)3-2-4-9(10)13/h2-4H,5-7,13H2,1H3,(H,14,15). The van der Waals surface area contributed by atoms with Gasteiger partial charge < -0.3 is 20.3 Å². The lowest BCUT2D eigenvalue weighted by Crippen LogP contribution is -2.44. The van der Waals surface area contributed by atoms with E-state index in [-0.39, 0.29) is 16.7 Å². The van der Waals surface area contributed by atoms with Crippen molar-refractivity contribution in [2.24, 2.45) is 5.41 Å². The molecule has 0 spiro atoms. The molecule has 2 rings (SSSR count). The van der Waals surface area contributed by atoms with Crippen molar-refractivity contribution in [3.05, 3.63) is 23.8 Å². The molecule has 1 fully saturated rings. The van der Waals surface area contributed by atoms with Crippen LogP contribution in [0.5, 0.6) is 5.75 Å². The minimum absolute atomic E-state index is 0.0436. The molecule has 0 aromatic heterocycles. The Morgan fingerprint density at radius 1 is 1.59 bits per heavy atom. The summed E-state index contributed by atoms with van der Waals surface area (Å²) in [6.07, 6.45) is 0. The number of carbonyl (C=O) groups is 1. The number of anilines is 1. The van der Waals surface area contributed by atoms with E-state index in [1.54, 1.807) is 12.1 Å². The van der Waals surface area contributed by atoms with Gasteiger partial charge in [-0.15, -0.1) is 0 Å². The average Bonchev–Trinajstić information content (AvgIpc) is 2.24. The number of hydrogen-bond acceptors (Lipinski definition) is 4. The predicted octanol–water partition coefficient (Wildman–Crippen LogP) is 1.38. The molecular weight excluding hydrogens is 222 g/mol. The Morgan fingerprint density at radius 2 is 2.29 bits per heavy atom. The van der Waals surface area contributed by atoms with Gasteiger partial charge in [-0.2, -0.15) is 0 Å². The van der Waals surface area contributed by atoms with Crippen molar-refractivity contribution in [3.8, 4) is 5.75 Å². The lowest BCUT2D eigenvalue weighted by atomic mass is 9.90. The third-order valence-electron chi connectivity index (χ3n) is 2.74. The summed E-state index contributed by atoms with van der Waals surface area (Å²) >= 11 is 0. The summed E-state index contributed by atoms with van der Waals surface area (Å²) in [5.41, 5.74) is 6.12. The van der Waals surface area contributed by atoms with Crippen LogP contribution in [-0.2, 0) is 4.74 Å². The first kappa shape index (κ1) is 11.7. The Labute approximate surface area is 99.1 Å². The molecule has 0 radical (unpaired) electrons. The Hall–Kier alpha value is -1.75. The van der Waals surface area contributed by atoms with Crippen LogP contribution in [0.4, 0.5) is 5.69 Å². The molecule has 0 atom stereocenters. The summed E-state index contributed by atoms with van der Waals surface area (Å²) in [6.45, 7) is 3.68. The molecule has 1 aliphatic rings. The van der Waals surface area contributed by atoms with Gasteiger partial charge in [-0.25, -0.2) is 4.79 Å². The largest absolute Gasteiger partial charge is 0.490 e. The third kappa shape index (κ3) is 2.34. The van der Waals surface area contributed by atoms with E-state index in [1.165, 1.54) is 6.07 Å². The van der Waals surface area contributed by atoms with Gasteiger partial charge in [0.2, 0.25) is 0 Å². The topological polar surface area (TPSA) is 81.8 Å². The zero-order valence-corrected chi connectivity index (χ0v) is 9.60. The van der Waals surface area contributed by atoms with E-state index < -0.39 is 5.97 Å². The molecule has 92 valence electrons. The van der Waals surface area contributed by atoms with Crippen molar-refractivity contribution in [1.29, 1.82) is 0 Å². The first-order valence-corrected chi connectivity index (χ1v) is 5.34. The van der Waals surface area contributed by atoms with Crippen LogP contribution in [-0.4, -0.2) is 30.9 Å². The van der Waals surface area contributed by atoms with Crippen LogP contribution in [0, 0.1) is 5.41 Å². The normalized spacial score (nSPS) is 17.2. The van der Waals surface area contributed by atoms with E-state index in [9.17, 15) is 4.79 Å². The van der Waals surface area contributed by atoms with E-state index in [1.807, 2.05) is 6.92 Å². The quantitative estimate of drug-likeness (QED) is 0.773. The number of nitrogens with two attached hydrogens (primary N) is 1. The molecule has 1 aromatic carbocycles. The Bertz CT molecular complexity index is 440. The zero-order chi connectivity index (χ0) is 12.5. The van der Waals surface area contributed by atoms with Crippen molar-refractivity contribution in [2.75, 3.05) is 25.6 Å². The number of carboxylic acid groups (broad SMARTS) is 1. The van der Waals surface area contributed by atoms with Gasteiger partial charge in [-0.3, -0.25) is 0 Å². The lowest BCUT2D eigenvalue weighted by molar-refractivity contribution is -0.120. The second-order valence-electron chi connectivity index (χ2n) is 4.62. The van der Waals surface area contributed by atoms with Gasteiger partial charge in [0, 0.05) is 5.41 Å². The van der Waals surface area contributed by atoms with Crippen LogP contribution >= 0.6 is 0 Å². The van der Waals surface area contributed by atoms with Crippen LogP contribution in [0.15, 0.2) is 18.2 Å². The van der Waals surface area contributed by atoms with Gasteiger partial charge in [-0.1, -0.05) is 13.0 Å². The number of rotatable bonds is 4. The number of benzene rings is 1. The summed E-state index contributed by atoms with van der Waals surface area (Å²) < 4.78 is 10.7. The molecule has 0 amide bonds. The van der Waals surface area contributed by atoms with Gasteiger partial charge in [0.05, 0.1) is 25.5 Å². The van der Waals surface area contributed by atoms with Crippen molar-refractivity contribution in [2.45, 2.75) is 6.92 Å². The molecule has 1 aromatic rings. The first-order chi connectivity index (χ1) is 8.02. The molecule has 3 N–H and O–H groups in total. The Morgan fingerprint density at radius 3 is 2.82 bits per heavy atom. The minimum Gasteiger partial charge on any atom is -0.490 e. The molecule has 5 nitrogen and oxygen atoms in total. The first-order valence-electron chi connectivity index (χ1n) is 5.34. The maximum absolute atomic E-state index is 11.0. The van der Waals surface area contributed by atoms with Gasteiger partial charge in [0.15, 0.2) is 5.75 Å². The second kappa shape index (κ2) is 4.25. The van der Waals surface area contributed by atoms with Crippen molar-refractivity contribution >= 4 is 11.7 Å². The summed E-state index contributed by atoms with van der Waals surface area (Å²) in [4.78, 5) is 11.0. The maximum Gasteiger partial charge on any atom is 0.339 e. The van der Waals surface area contributed by atoms with E-state index >= 15 is 0 Å². The van der Waals surface area contributed by atoms with Crippen molar-refractivity contribution < 1.29 is 19.4 Å². The summed E-state index contributed by atoms with van der Waals surface area (Å²) in [5, 5.41) is 9.03. The average molecular weight is 237 g/mol. The van der Waals surface area contributed by atoms with Gasteiger partial charge in [0.1, 0.15) is 5.56 Å². The molecule has 0 bridgehead atoms. The van der Waals surface area contributed by atoms with Crippen LogP contribution in [0.3, 0.4) is 0 Å².